The minimum absolute atomic E-state index is 0.102. The van der Waals surface area contributed by atoms with Crippen molar-refractivity contribution < 1.29 is 4.79 Å². The molecule has 2 rings (SSSR count). The molecule has 2 N–H and O–H groups in total. The van der Waals surface area contributed by atoms with Gasteiger partial charge >= 0.3 is 0 Å². The Bertz CT molecular complexity index is 758. The average Bonchev–Trinajstić information content (AvgIpc) is 3.08. The van der Waals surface area contributed by atoms with E-state index < -0.39 is 0 Å². The van der Waals surface area contributed by atoms with E-state index in [0.29, 0.717) is 22.4 Å². The van der Waals surface area contributed by atoms with Crippen LogP contribution in [0, 0.1) is 17.2 Å². The molecule has 2 aromatic rings. The molecule has 0 bridgehead atoms. The summed E-state index contributed by atoms with van der Waals surface area (Å²) in [4.78, 5) is 12.2. The molecule has 2 atom stereocenters. The summed E-state index contributed by atoms with van der Waals surface area (Å²) >= 11 is 1.36. The van der Waals surface area contributed by atoms with E-state index >= 15 is 0 Å². The molecule has 0 saturated carbocycles. The van der Waals surface area contributed by atoms with Crippen LogP contribution in [-0.4, -0.2) is 12.5 Å². The summed E-state index contributed by atoms with van der Waals surface area (Å²) in [5.41, 5.74) is 3.04. The van der Waals surface area contributed by atoms with Gasteiger partial charge in [-0.2, -0.15) is 5.26 Å². The molecule has 0 aliphatic carbocycles. The molecule has 0 fully saturated rings. The molecule has 1 aromatic carbocycles. The van der Waals surface area contributed by atoms with Gasteiger partial charge in [0.1, 0.15) is 11.1 Å². The summed E-state index contributed by atoms with van der Waals surface area (Å²) in [7, 11) is 0. The van der Waals surface area contributed by atoms with E-state index in [1.807, 2.05) is 0 Å². The minimum atomic E-state index is -0.133. The standard InChI is InChI=1S/C21H27N3OS/c1-5-15(4)16-6-8-17(9-7-16)20(14(2)3)23-13-19(25)24-21-18(12-22)10-11-26-21/h6-11,14-15,20,23H,5,13H2,1-4H3,(H,24,25)/t15-,20-/m1/s1. The third-order valence-electron chi connectivity index (χ3n) is 4.66. The van der Waals surface area contributed by atoms with Crippen LogP contribution in [0.3, 0.4) is 0 Å². The van der Waals surface area contributed by atoms with Gasteiger partial charge in [0.2, 0.25) is 5.91 Å². The number of nitriles is 1. The van der Waals surface area contributed by atoms with Crippen molar-refractivity contribution in [3.8, 4) is 6.07 Å². The van der Waals surface area contributed by atoms with Gasteiger partial charge in [0, 0.05) is 6.04 Å². The van der Waals surface area contributed by atoms with Gasteiger partial charge in [-0.25, -0.2) is 0 Å². The number of nitrogens with zero attached hydrogens (tertiary/aromatic N) is 1. The fraction of sp³-hybridized carbons (Fsp3) is 0.429. The minimum Gasteiger partial charge on any atom is -0.315 e. The second-order valence-corrected chi connectivity index (χ2v) is 7.82. The van der Waals surface area contributed by atoms with Crippen molar-refractivity contribution in [2.45, 2.75) is 46.1 Å². The lowest BCUT2D eigenvalue weighted by molar-refractivity contribution is -0.115. The Balaban J connectivity index is 2.00. The molecule has 26 heavy (non-hydrogen) atoms. The number of anilines is 1. The second-order valence-electron chi connectivity index (χ2n) is 6.90. The van der Waals surface area contributed by atoms with Crippen LogP contribution in [0.5, 0.6) is 0 Å². The highest BCUT2D eigenvalue weighted by molar-refractivity contribution is 7.14. The predicted molar refractivity (Wildman–Crippen MR) is 108 cm³/mol. The van der Waals surface area contributed by atoms with E-state index in [0.717, 1.165) is 6.42 Å². The van der Waals surface area contributed by atoms with Crippen molar-refractivity contribution in [3.05, 3.63) is 52.4 Å². The number of hydrogen-bond acceptors (Lipinski definition) is 4. The fourth-order valence-corrected chi connectivity index (χ4v) is 3.63. The number of carbonyl (C=O) groups is 1. The van der Waals surface area contributed by atoms with E-state index in [9.17, 15) is 4.79 Å². The quantitative estimate of drug-likeness (QED) is 0.683. The molecule has 0 radical (unpaired) electrons. The number of amides is 1. The number of benzene rings is 1. The zero-order valence-electron chi connectivity index (χ0n) is 15.9. The third kappa shape index (κ3) is 5.17. The Morgan fingerprint density at radius 3 is 2.38 bits per heavy atom. The number of thiophene rings is 1. The zero-order valence-corrected chi connectivity index (χ0v) is 16.7. The fourth-order valence-electron chi connectivity index (χ4n) is 2.87. The molecule has 138 valence electrons. The molecule has 5 heteroatoms. The van der Waals surface area contributed by atoms with Crippen LogP contribution in [0.4, 0.5) is 5.00 Å². The molecule has 1 aromatic heterocycles. The summed E-state index contributed by atoms with van der Waals surface area (Å²) in [6, 6.07) is 12.6. The SMILES string of the molecule is CC[C@@H](C)c1ccc([C@H](NCC(=O)Nc2sccc2C#N)C(C)C)cc1. The van der Waals surface area contributed by atoms with Crippen LogP contribution in [0.1, 0.15) is 62.8 Å². The van der Waals surface area contributed by atoms with Crippen molar-refractivity contribution in [2.75, 3.05) is 11.9 Å². The maximum Gasteiger partial charge on any atom is 0.238 e. The summed E-state index contributed by atoms with van der Waals surface area (Å²) < 4.78 is 0. The van der Waals surface area contributed by atoms with Gasteiger partial charge in [-0.15, -0.1) is 11.3 Å². The predicted octanol–water partition coefficient (Wildman–Crippen LogP) is 5.06. The van der Waals surface area contributed by atoms with E-state index in [4.69, 9.17) is 5.26 Å². The molecule has 4 nitrogen and oxygen atoms in total. The van der Waals surface area contributed by atoms with Gasteiger partial charge < -0.3 is 10.6 Å². The van der Waals surface area contributed by atoms with E-state index in [1.54, 1.807) is 11.4 Å². The van der Waals surface area contributed by atoms with Gasteiger partial charge in [0.25, 0.3) is 0 Å². The number of hydrogen-bond donors (Lipinski definition) is 2. The van der Waals surface area contributed by atoms with Crippen molar-refractivity contribution in [1.29, 1.82) is 5.26 Å². The monoisotopic (exact) mass is 369 g/mol. The lowest BCUT2D eigenvalue weighted by Gasteiger charge is -2.23. The van der Waals surface area contributed by atoms with Gasteiger partial charge in [0.15, 0.2) is 0 Å². The molecule has 0 aliphatic rings. The van der Waals surface area contributed by atoms with Crippen LogP contribution < -0.4 is 10.6 Å². The van der Waals surface area contributed by atoms with Gasteiger partial charge in [0.05, 0.1) is 12.1 Å². The van der Waals surface area contributed by atoms with E-state index in [-0.39, 0.29) is 18.5 Å². The number of rotatable bonds is 8. The molecule has 0 aliphatic heterocycles. The van der Waals surface area contributed by atoms with Crippen molar-refractivity contribution in [3.63, 3.8) is 0 Å². The summed E-state index contributed by atoms with van der Waals surface area (Å²) in [6.45, 7) is 8.92. The highest BCUT2D eigenvalue weighted by Crippen LogP contribution is 2.25. The first-order chi connectivity index (χ1) is 12.5. The third-order valence-corrected chi connectivity index (χ3v) is 5.49. The zero-order chi connectivity index (χ0) is 19.1. The van der Waals surface area contributed by atoms with Crippen LogP contribution in [0.25, 0.3) is 0 Å². The normalized spacial score (nSPS) is 13.2. The van der Waals surface area contributed by atoms with Crippen LogP contribution >= 0.6 is 11.3 Å². The number of carbonyl (C=O) groups excluding carboxylic acids is 1. The smallest absolute Gasteiger partial charge is 0.238 e. The lowest BCUT2D eigenvalue weighted by atomic mass is 9.92. The Labute approximate surface area is 160 Å². The summed E-state index contributed by atoms with van der Waals surface area (Å²) in [5, 5.41) is 17.6. The Morgan fingerprint density at radius 2 is 1.81 bits per heavy atom. The molecular weight excluding hydrogens is 342 g/mol. The Morgan fingerprint density at radius 1 is 1.15 bits per heavy atom. The van der Waals surface area contributed by atoms with Crippen molar-refractivity contribution in [1.82, 2.24) is 5.32 Å². The lowest BCUT2D eigenvalue weighted by Crippen LogP contribution is -2.33. The van der Waals surface area contributed by atoms with E-state index in [2.05, 4.69) is 68.7 Å². The van der Waals surface area contributed by atoms with Gasteiger partial charge in [-0.3, -0.25) is 4.79 Å². The van der Waals surface area contributed by atoms with Gasteiger partial charge in [-0.1, -0.05) is 52.0 Å². The first-order valence-electron chi connectivity index (χ1n) is 9.06. The van der Waals surface area contributed by atoms with E-state index in [1.165, 1.54) is 22.5 Å². The number of nitrogens with one attached hydrogen (secondary N) is 2. The van der Waals surface area contributed by atoms with Crippen molar-refractivity contribution >= 4 is 22.2 Å². The average molecular weight is 370 g/mol. The summed E-state index contributed by atoms with van der Waals surface area (Å²) in [5.74, 6) is 0.778. The maximum absolute atomic E-state index is 12.2. The van der Waals surface area contributed by atoms with Crippen LogP contribution in [-0.2, 0) is 4.79 Å². The second kappa shape index (κ2) is 9.51. The molecule has 1 amide bonds. The molecule has 0 spiro atoms. The first-order valence-corrected chi connectivity index (χ1v) is 9.94. The van der Waals surface area contributed by atoms with Crippen molar-refractivity contribution in [2.24, 2.45) is 5.92 Å². The Hall–Kier alpha value is -2.16. The largest absolute Gasteiger partial charge is 0.315 e. The van der Waals surface area contributed by atoms with Gasteiger partial charge in [-0.05, 0) is 40.8 Å². The maximum atomic E-state index is 12.2. The van der Waals surface area contributed by atoms with Crippen LogP contribution in [0.2, 0.25) is 0 Å². The topological polar surface area (TPSA) is 64.9 Å². The highest BCUT2D eigenvalue weighted by Gasteiger charge is 2.17. The Kier molecular flexibility index (Phi) is 7.38. The molecular formula is C21H27N3OS. The molecule has 1 heterocycles. The highest BCUT2D eigenvalue weighted by atomic mass is 32.1. The molecule has 0 unspecified atom stereocenters. The van der Waals surface area contributed by atoms with Crippen LogP contribution in [0.15, 0.2) is 35.7 Å². The first kappa shape index (κ1) is 20.2. The summed E-state index contributed by atoms with van der Waals surface area (Å²) in [6.07, 6.45) is 1.12. The molecule has 0 saturated heterocycles.